The minimum absolute atomic E-state index is 0.109. The molecule has 1 saturated heterocycles. The van der Waals surface area contributed by atoms with Gasteiger partial charge in [-0.25, -0.2) is 0 Å². The zero-order chi connectivity index (χ0) is 20.7. The first-order valence-corrected chi connectivity index (χ1v) is 10.6. The van der Waals surface area contributed by atoms with Gasteiger partial charge < -0.3 is 14.5 Å². The van der Waals surface area contributed by atoms with Gasteiger partial charge >= 0.3 is 0 Å². The molecule has 0 aromatic carbocycles. The van der Waals surface area contributed by atoms with Crippen molar-refractivity contribution in [3.63, 3.8) is 0 Å². The number of nitrogens with zero attached hydrogens (tertiary/aromatic N) is 3. The van der Waals surface area contributed by atoms with Crippen molar-refractivity contribution in [2.75, 3.05) is 13.2 Å². The number of hydrogen-bond acceptors (Lipinski definition) is 5. The Balaban J connectivity index is 1.38. The number of fused-ring (bicyclic) bond motifs is 3. The molecule has 0 saturated carbocycles. The first-order chi connectivity index (χ1) is 14.6. The predicted octanol–water partition coefficient (Wildman–Crippen LogP) is 3.21. The van der Waals surface area contributed by atoms with Crippen LogP contribution in [0.25, 0.3) is 11.3 Å². The lowest BCUT2D eigenvalue weighted by Gasteiger charge is -2.10. The number of amides is 1. The second kappa shape index (κ2) is 7.72. The van der Waals surface area contributed by atoms with Crippen LogP contribution in [0.3, 0.4) is 0 Å². The Bertz CT molecular complexity index is 1090. The summed E-state index contributed by atoms with van der Waals surface area (Å²) in [5.41, 5.74) is 6.13. The predicted molar refractivity (Wildman–Crippen MR) is 111 cm³/mol. The molecular formula is C23H26N4O3. The molecule has 3 aromatic heterocycles. The van der Waals surface area contributed by atoms with E-state index in [1.807, 2.05) is 30.8 Å². The largest absolute Gasteiger partial charge is 0.455 e. The van der Waals surface area contributed by atoms with E-state index >= 15 is 0 Å². The lowest BCUT2D eigenvalue weighted by Crippen LogP contribution is -2.31. The van der Waals surface area contributed by atoms with E-state index in [1.54, 1.807) is 0 Å². The van der Waals surface area contributed by atoms with E-state index in [0.717, 1.165) is 60.6 Å². The van der Waals surface area contributed by atoms with E-state index < -0.39 is 0 Å². The van der Waals surface area contributed by atoms with E-state index in [4.69, 9.17) is 14.3 Å². The Labute approximate surface area is 175 Å². The molecule has 0 bridgehead atoms. The SMILES string of the molecule is Cc1cc(Cn2cc3c(n2)-c2c(oc(C(=O)NC[C@@H]4CCCO4)c2C)CC3)ccn1. The summed E-state index contributed by atoms with van der Waals surface area (Å²) in [4.78, 5) is 17.0. The van der Waals surface area contributed by atoms with Crippen LogP contribution in [-0.4, -0.2) is 39.9 Å². The third-order valence-corrected chi connectivity index (χ3v) is 5.94. The van der Waals surface area contributed by atoms with Crippen LogP contribution in [0.1, 0.15) is 51.5 Å². The maximum atomic E-state index is 12.7. The third-order valence-electron chi connectivity index (χ3n) is 5.94. The fourth-order valence-corrected chi connectivity index (χ4v) is 4.44. The molecule has 1 fully saturated rings. The molecule has 2 aliphatic rings. The first-order valence-electron chi connectivity index (χ1n) is 10.6. The average Bonchev–Trinajstić information content (AvgIpc) is 3.44. The molecule has 156 valence electrons. The molecule has 1 amide bonds. The van der Waals surface area contributed by atoms with E-state index in [1.165, 1.54) is 11.1 Å². The van der Waals surface area contributed by atoms with Crippen molar-refractivity contribution in [1.29, 1.82) is 0 Å². The second-order valence-corrected chi connectivity index (χ2v) is 8.21. The number of furan rings is 1. The van der Waals surface area contributed by atoms with E-state index in [9.17, 15) is 4.79 Å². The molecule has 1 atom stereocenters. The van der Waals surface area contributed by atoms with Gasteiger partial charge in [0.2, 0.25) is 0 Å². The van der Waals surface area contributed by atoms with E-state index in [0.29, 0.717) is 18.8 Å². The molecule has 30 heavy (non-hydrogen) atoms. The minimum Gasteiger partial charge on any atom is -0.455 e. The number of carbonyl (C=O) groups excluding carboxylic acids is 1. The van der Waals surface area contributed by atoms with E-state index in [2.05, 4.69) is 22.6 Å². The summed E-state index contributed by atoms with van der Waals surface area (Å²) in [7, 11) is 0. The Morgan fingerprint density at radius 3 is 3.03 bits per heavy atom. The lowest BCUT2D eigenvalue weighted by atomic mass is 9.93. The number of hydrogen-bond donors (Lipinski definition) is 1. The number of aryl methyl sites for hydroxylation is 3. The molecule has 0 spiro atoms. The highest BCUT2D eigenvalue weighted by atomic mass is 16.5. The number of pyridine rings is 1. The molecule has 4 heterocycles. The van der Waals surface area contributed by atoms with Gasteiger partial charge in [0.15, 0.2) is 5.76 Å². The zero-order valence-corrected chi connectivity index (χ0v) is 17.4. The van der Waals surface area contributed by atoms with Gasteiger partial charge in [0.05, 0.1) is 18.3 Å². The molecule has 1 aliphatic carbocycles. The Kier molecular flexibility index (Phi) is 4.90. The Hall–Kier alpha value is -2.93. The molecule has 1 aliphatic heterocycles. The lowest BCUT2D eigenvalue weighted by molar-refractivity contribution is 0.0833. The van der Waals surface area contributed by atoms with Crippen LogP contribution in [0.4, 0.5) is 0 Å². The van der Waals surface area contributed by atoms with Crippen LogP contribution in [0.2, 0.25) is 0 Å². The van der Waals surface area contributed by atoms with Gasteiger partial charge in [-0.15, -0.1) is 0 Å². The van der Waals surface area contributed by atoms with Gasteiger partial charge in [0, 0.05) is 48.8 Å². The minimum atomic E-state index is -0.175. The Morgan fingerprint density at radius 2 is 2.23 bits per heavy atom. The van der Waals surface area contributed by atoms with Crippen molar-refractivity contribution < 1.29 is 13.9 Å². The Morgan fingerprint density at radius 1 is 1.33 bits per heavy atom. The molecule has 1 N–H and O–H groups in total. The molecular weight excluding hydrogens is 380 g/mol. The molecule has 7 heteroatoms. The number of aromatic nitrogens is 3. The van der Waals surface area contributed by atoms with Crippen molar-refractivity contribution in [3.05, 3.63) is 58.4 Å². The van der Waals surface area contributed by atoms with E-state index in [-0.39, 0.29) is 12.0 Å². The number of ether oxygens (including phenoxy) is 1. The molecule has 0 radical (unpaired) electrons. The number of nitrogens with one attached hydrogen (secondary N) is 1. The third kappa shape index (κ3) is 3.54. The van der Waals surface area contributed by atoms with Crippen LogP contribution in [0.15, 0.2) is 28.9 Å². The molecule has 5 rings (SSSR count). The van der Waals surface area contributed by atoms with Crippen LogP contribution in [0, 0.1) is 13.8 Å². The van der Waals surface area contributed by atoms with Crippen molar-refractivity contribution >= 4 is 5.91 Å². The smallest absolute Gasteiger partial charge is 0.287 e. The standard InChI is InChI=1S/C23H26N4O3/c1-14-10-16(7-8-24-14)12-27-13-17-5-6-19-20(21(17)26-27)15(2)22(30-19)23(28)25-11-18-4-3-9-29-18/h7-8,10,13,18H,3-6,9,11-12H2,1-2H3,(H,25,28)/t18-/m0/s1. The summed E-state index contributed by atoms with van der Waals surface area (Å²) in [5.74, 6) is 1.07. The fraction of sp³-hybridized carbons (Fsp3) is 0.435. The highest BCUT2D eigenvalue weighted by molar-refractivity contribution is 5.95. The first kappa shape index (κ1) is 19.1. The summed E-state index contributed by atoms with van der Waals surface area (Å²) in [5, 5.41) is 7.81. The van der Waals surface area contributed by atoms with Gasteiger partial charge in [-0.05, 0) is 56.4 Å². The molecule has 7 nitrogen and oxygen atoms in total. The van der Waals surface area contributed by atoms with Gasteiger partial charge in [0.1, 0.15) is 5.76 Å². The highest BCUT2D eigenvalue weighted by Crippen LogP contribution is 2.38. The van der Waals surface area contributed by atoms with Crippen molar-refractivity contribution in [2.24, 2.45) is 0 Å². The summed E-state index contributed by atoms with van der Waals surface area (Å²) in [6, 6.07) is 4.09. The molecule has 3 aromatic rings. The fourth-order valence-electron chi connectivity index (χ4n) is 4.44. The topological polar surface area (TPSA) is 82.2 Å². The summed E-state index contributed by atoms with van der Waals surface area (Å²) in [6.07, 6.45) is 7.73. The maximum absolute atomic E-state index is 12.7. The highest BCUT2D eigenvalue weighted by Gasteiger charge is 2.30. The quantitative estimate of drug-likeness (QED) is 0.704. The van der Waals surface area contributed by atoms with Crippen LogP contribution >= 0.6 is 0 Å². The summed E-state index contributed by atoms with van der Waals surface area (Å²) < 4.78 is 13.6. The monoisotopic (exact) mass is 406 g/mol. The second-order valence-electron chi connectivity index (χ2n) is 8.21. The van der Waals surface area contributed by atoms with Gasteiger partial charge in [-0.1, -0.05) is 0 Å². The van der Waals surface area contributed by atoms with Gasteiger partial charge in [0.25, 0.3) is 5.91 Å². The summed E-state index contributed by atoms with van der Waals surface area (Å²) in [6.45, 7) is 5.93. The normalized spacial score (nSPS) is 17.6. The average molecular weight is 406 g/mol. The zero-order valence-electron chi connectivity index (χ0n) is 17.4. The van der Waals surface area contributed by atoms with Crippen molar-refractivity contribution in [2.45, 2.75) is 52.2 Å². The van der Waals surface area contributed by atoms with Crippen LogP contribution in [-0.2, 0) is 24.1 Å². The van der Waals surface area contributed by atoms with Crippen molar-refractivity contribution in [3.8, 4) is 11.3 Å². The molecule has 0 unspecified atom stereocenters. The number of carbonyl (C=O) groups is 1. The summed E-state index contributed by atoms with van der Waals surface area (Å²) >= 11 is 0. The van der Waals surface area contributed by atoms with Gasteiger partial charge in [-0.2, -0.15) is 5.10 Å². The van der Waals surface area contributed by atoms with Crippen LogP contribution in [0.5, 0.6) is 0 Å². The number of rotatable bonds is 5. The van der Waals surface area contributed by atoms with Gasteiger partial charge in [-0.3, -0.25) is 14.5 Å². The van der Waals surface area contributed by atoms with Crippen molar-refractivity contribution in [1.82, 2.24) is 20.1 Å². The van der Waals surface area contributed by atoms with Crippen LogP contribution < -0.4 is 5.32 Å². The maximum Gasteiger partial charge on any atom is 0.287 e.